The Morgan fingerprint density at radius 2 is 0.917 bits per heavy atom. The summed E-state index contributed by atoms with van der Waals surface area (Å²) < 4.78 is 0.301. The molecule has 3 aliphatic heterocycles. The van der Waals surface area contributed by atoms with E-state index in [0.29, 0.717) is 0 Å². The van der Waals surface area contributed by atoms with Gasteiger partial charge in [0.25, 0.3) is 0 Å². The minimum absolute atomic E-state index is 0.151. The highest BCUT2D eigenvalue weighted by Gasteiger charge is 2.70. The number of hydrogen-bond donors (Lipinski definition) is 0. The standard InChI is InChI=1S/C22H26S2/c1-19(2)15-16-20(3,4)22(18-13-9-6-10-14-18)23-21(19,24-22)17-11-7-5-8-12-17/h5-14H,15-16H2,1-4H3. The zero-order valence-electron chi connectivity index (χ0n) is 15.0. The van der Waals surface area contributed by atoms with Crippen LogP contribution >= 0.6 is 23.5 Å². The van der Waals surface area contributed by atoms with Crippen LogP contribution in [0.5, 0.6) is 0 Å². The first kappa shape index (κ1) is 16.6. The molecule has 0 N–H and O–H groups in total. The lowest BCUT2D eigenvalue weighted by Gasteiger charge is -2.63. The molecule has 126 valence electrons. The summed E-state index contributed by atoms with van der Waals surface area (Å²) in [6, 6.07) is 22.4. The van der Waals surface area contributed by atoms with Crippen LogP contribution < -0.4 is 0 Å². The highest BCUT2D eigenvalue weighted by Crippen LogP contribution is 2.86. The lowest BCUT2D eigenvalue weighted by molar-refractivity contribution is 0.247. The van der Waals surface area contributed by atoms with Gasteiger partial charge in [-0.1, -0.05) is 88.4 Å². The zero-order valence-corrected chi connectivity index (χ0v) is 16.6. The average molecular weight is 355 g/mol. The summed E-state index contributed by atoms with van der Waals surface area (Å²) in [6.07, 6.45) is 2.53. The maximum atomic E-state index is 2.47. The van der Waals surface area contributed by atoms with Gasteiger partial charge < -0.3 is 0 Å². The number of hydrogen-bond acceptors (Lipinski definition) is 2. The molecule has 24 heavy (non-hydrogen) atoms. The fourth-order valence-electron chi connectivity index (χ4n) is 4.25. The van der Waals surface area contributed by atoms with E-state index < -0.39 is 0 Å². The van der Waals surface area contributed by atoms with Gasteiger partial charge in [0.15, 0.2) is 0 Å². The monoisotopic (exact) mass is 354 g/mol. The third-order valence-electron chi connectivity index (χ3n) is 6.04. The molecule has 5 rings (SSSR count). The Morgan fingerprint density at radius 1 is 0.583 bits per heavy atom. The molecule has 0 spiro atoms. The molecule has 2 aromatic carbocycles. The van der Waals surface area contributed by atoms with E-state index in [0.717, 1.165) is 0 Å². The van der Waals surface area contributed by atoms with Gasteiger partial charge in [-0.05, 0) is 34.8 Å². The highest BCUT2D eigenvalue weighted by atomic mass is 32.3. The second-order valence-electron chi connectivity index (χ2n) is 8.44. The second-order valence-corrected chi connectivity index (χ2v) is 11.8. The Labute approximate surface area is 154 Å². The van der Waals surface area contributed by atoms with Crippen LogP contribution in [-0.2, 0) is 8.16 Å². The third kappa shape index (κ3) is 2.08. The molecule has 0 nitrogen and oxygen atoms in total. The molecule has 2 bridgehead atoms. The van der Waals surface area contributed by atoms with Gasteiger partial charge in [-0.15, -0.1) is 23.5 Å². The maximum Gasteiger partial charge on any atom is 0.0945 e. The van der Waals surface area contributed by atoms with E-state index in [1.54, 1.807) is 0 Å². The van der Waals surface area contributed by atoms with Crippen LogP contribution in [0.1, 0.15) is 51.7 Å². The lowest BCUT2D eigenvalue weighted by atomic mass is 9.74. The van der Waals surface area contributed by atoms with Crippen LogP contribution in [0, 0.1) is 10.8 Å². The minimum Gasteiger partial charge on any atom is -0.115 e. The van der Waals surface area contributed by atoms with Gasteiger partial charge in [-0.2, -0.15) is 0 Å². The predicted molar refractivity (Wildman–Crippen MR) is 108 cm³/mol. The van der Waals surface area contributed by atoms with Crippen molar-refractivity contribution in [2.24, 2.45) is 10.8 Å². The van der Waals surface area contributed by atoms with E-state index in [1.807, 2.05) is 0 Å². The van der Waals surface area contributed by atoms with E-state index >= 15 is 0 Å². The van der Waals surface area contributed by atoms with E-state index in [4.69, 9.17) is 0 Å². The van der Waals surface area contributed by atoms with Gasteiger partial charge in [0.2, 0.25) is 0 Å². The van der Waals surface area contributed by atoms with E-state index in [1.165, 1.54) is 24.0 Å². The number of fused-ring (bicyclic) bond motifs is 3. The summed E-state index contributed by atoms with van der Waals surface area (Å²) in [5, 5.41) is 0. The van der Waals surface area contributed by atoms with E-state index in [2.05, 4.69) is 112 Å². The molecule has 0 saturated carbocycles. The van der Waals surface area contributed by atoms with Crippen molar-refractivity contribution in [3.05, 3.63) is 71.8 Å². The number of benzene rings is 2. The summed E-state index contributed by atoms with van der Waals surface area (Å²) in [6.45, 7) is 9.87. The first-order valence-electron chi connectivity index (χ1n) is 8.84. The topological polar surface area (TPSA) is 0 Å². The summed E-state index contributed by atoms with van der Waals surface area (Å²) in [5.41, 5.74) is 3.51. The Morgan fingerprint density at radius 3 is 1.25 bits per heavy atom. The fraction of sp³-hybridized carbons (Fsp3) is 0.455. The normalized spacial score (nSPS) is 33.3. The quantitative estimate of drug-likeness (QED) is 0.568. The third-order valence-corrected chi connectivity index (χ3v) is 11.3. The van der Waals surface area contributed by atoms with Crippen molar-refractivity contribution in [2.45, 2.75) is 48.7 Å². The van der Waals surface area contributed by atoms with Crippen molar-refractivity contribution in [3.8, 4) is 0 Å². The first-order chi connectivity index (χ1) is 11.3. The molecule has 2 heteroatoms. The molecule has 0 aromatic heterocycles. The molecular formula is C22H26S2. The minimum atomic E-state index is 0.151. The molecule has 3 fully saturated rings. The van der Waals surface area contributed by atoms with Gasteiger partial charge in [0.1, 0.15) is 0 Å². The SMILES string of the molecule is CC1(C)CCC(C)(C)C2(c3ccccc3)SC1(c1ccccc1)S2. The fourth-order valence-corrected chi connectivity index (χ4v) is 8.86. The molecule has 0 atom stereocenters. The van der Waals surface area contributed by atoms with Crippen molar-refractivity contribution in [3.63, 3.8) is 0 Å². The van der Waals surface area contributed by atoms with Gasteiger partial charge >= 0.3 is 0 Å². The molecule has 2 aromatic rings. The van der Waals surface area contributed by atoms with Gasteiger partial charge in [0.05, 0.1) is 8.16 Å². The summed E-state index contributed by atoms with van der Waals surface area (Å²) >= 11 is 4.43. The highest BCUT2D eigenvalue weighted by molar-refractivity contribution is 8.34. The second kappa shape index (κ2) is 5.32. The Hall–Kier alpha value is -0.860. The Balaban J connectivity index is 1.87. The largest absolute Gasteiger partial charge is 0.115 e. The lowest BCUT2D eigenvalue weighted by Crippen LogP contribution is -2.51. The molecule has 0 unspecified atom stereocenters. The van der Waals surface area contributed by atoms with E-state index in [9.17, 15) is 0 Å². The van der Waals surface area contributed by atoms with Crippen molar-refractivity contribution >= 4 is 23.5 Å². The molecule has 0 amide bonds. The summed E-state index contributed by atoms with van der Waals surface area (Å²) in [7, 11) is 0. The molecular weight excluding hydrogens is 328 g/mol. The van der Waals surface area contributed by atoms with Gasteiger partial charge in [-0.25, -0.2) is 0 Å². The molecule has 3 heterocycles. The number of thioether (sulfide) groups is 2. The number of rotatable bonds is 2. The molecule has 0 aliphatic carbocycles. The van der Waals surface area contributed by atoms with Gasteiger partial charge in [0, 0.05) is 0 Å². The maximum absolute atomic E-state index is 2.47. The van der Waals surface area contributed by atoms with Crippen molar-refractivity contribution in [2.75, 3.05) is 0 Å². The molecule has 0 radical (unpaired) electrons. The van der Waals surface area contributed by atoms with Crippen LogP contribution in [0.3, 0.4) is 0 Å². The smallest absolute Gasteiger partial charge is 0.0945 e. The van der Waals surface area contributed by atoms with Crippen molar-refractivity contribution < 1.29 is 0 Å². The van der Waals surface area contributed by atoms with Crippen LogP contribution in [0.2, 0.25) is 0 Å². The van der Waals surface area contributed by atoms with Crippen LogP contribution in [0.15, 0.2) is 60.7 Å². The Kier molecular flexibility index (Phi) is 3.68. The Bertz CT molecular complexity index is 662. The average Bonchev–Trinajstić information content (AvgIpc) is 2.65. The summed E-state index contributed by atoms with van der Waals surface area (Å²) in [4.78, 5) is 0. The van der Waals surface area contributed by atoms with Gasteiger partial charge in [-0.3, -0.25) is 0 Å². The van der Waals surface area contributed by atoms with Crippen LogP contribution in [0.25, 0.3) is 0 Å². The van der Waals surface area contributed by atoms with Crippen molar-refractivity contribution in [1.82, 2.24) is 0 Å². The van der Waals surface area contributed by atoms with Crippen LogP contribution in [-0.4, -0.2) is 0 Å². The van der Waals surface area contributed by atoms with Crippen LogP contribution in [0.4, 0.5) is 0 Å². The predicted octanol–water partition coefficient (Wildman–Crippen LogP) is 7.02. The van der Waals surface area contributed by atoms with E-state index in [-0.39, 0.29) is 19.0 Å². The first-order valence-corrected chi connectivity index (χ1v) is 10.5. The molecule has 3 aliphatic rings. The van der Waals surface area contributed by atoms with Crippen molar-refractivity contribution in [1.29, 1.82) is 0 Å². The molecule has 3 saturated heterocycles. The summed E-state index contributed by atoms with van der Waals surface area (Å²) in [5.74, 6) is 0. The zero-order chi connectivity index (χ0) is 17.1.